The number of ketones is 2. The van der Waals surface area contributed by atoms with Crippen molar-refractivity contribution in [3.63, 3.8) is 0 Å². The second-order valence-corrected chi connectivity index (χ2v) is 17.3. The van der Waals surface area contributed by atoms with Crippen molar-refractivity contribution >= 4 is 52.7 Å². The number of halogens is 4. The molecule has 1 aliphatic carbocycles. The number of alkyl halides is 3. The van der Waals surface area contributed by atoms with Crippen LogP contribution in [0.3, 0.4) is 0 Å². The zero-order chi connectivity index (χ0) is 47.0. The highest BCUT2D eigenvalue weighted by atomic mass is 35.5. The van der Waals surface area contributed by atoms with Crippen molar-refractivity contribution in [2.45, 2.75) is 97.8 Å². The maximum absolute atomic E-state index is 13.9. The molecule has 3 aromatic carbocycles. The van der Waals surface area contributed by atoms with Crippen molar-refractivity contribution in [3.8, 4) is 11.1 Å². The third kappa shape index (κ3) is 16.6. The molecule has 1 atom stereocenters. The number of carboxylic acids is 1. The zero-order valence-corrected chi connectivity index (χ0v) is 37.7. The molecule has 0 unspecified atom stereocenters. The van der Waals surface area contributed by atoms with E-state index in [1.165, 1.54) is 0 Å². The van der Waals surface area contributed by atoms with Gasteiger partial charge < -0.3 is 25.4 Å². The number of rotatable bonds is 18. The van der Waals surface area contributed by atoms with Crippen LogP contribution in [0.25, 0.3) is 11.1 Å². The van der Waals surface area contributed by atoms with Crippen LogP contribution in [0, 0.1) is 17.8 Å². The first-order valence-corrected chi connectivity index (χ1v) is 21.9. The number of Topliss-reactive ketones (excluding diaryl/α,β-unsaturated/α-hetero) is 2. The number of hydrogen-bond acceptors (Lipinski definition) is 10. The van der Waals surface area contributed by atoms with Crippen LogP contribution < -0.4 is 10.6 Å². The molecule has 3 aromatic rings. The molecule has 0 saturated heterocycles. The lowest BCUT2D eigenvalue weighted by molar-refractivity contribution is -0.192. The van der Waals surface area contributed by atoms with Gasteiger partial charge in [0.2, 0.25) is 5.91 Å². The Balaban J connectivity index is 0.00000118. The first-order valence-electron chi connectivity index (χ1n) is 21.5. The first kappa shape index (κ1) is 51.2. The summed E-state index contributed by atoms with van der Waals surface area (Å²) in [6.45, 7) is 13.4. The lowest BCUT2D eigenvalue weighted by atomic mass is 9.77. The number of carbonyl (C=O) groups excluding carboxylic acids is 4. The number of aliphatic imine (C=N–C) groups is 1. The number of alkyl carbamates (subject to hydrolysis) is 1. The predicted molar refractivity (Wildman–Crippen MR) is 240 cm³/mol. The highest BCUT2D eigenvalue weighted by Gasteiger charge is 2.38. The molecule has 0 bridgehead atoms. The maximum atomic E-state index is 13.9. The fourth-order valence-corrected chi connectivity index (χ4v) is 7.69. The number of benzene rings is 3. The zero-order valence-electron chi connectivity index (χ0n) is 37.0. The van der Waals surface area contributed by atoms with Gasteiger partial charge >= 0.3 is 18.2 Å². The Bertz CT molecular complexity index is 2130. The van der Waals surface area contributed by atoms with Crippen LogP contribution in [0.2, 0.25) is 5.02 Å². The van der Waals surface area contributed by atoms with Crippen molar-refractivity contribution in [1.82, 2.24) is 10.2 Å². The standard InChI is InChI=1S/C45H57ClN6O5.C2HF3O2/c1-6-52(7-2)24-8-9-40(53)35-20-23-38(39(46)26-35)32-14-10-30(11-15-32)25-36(43(55)50-37-21-18-34(19-22-37)42-48-29-49-51-42)27-41(54)33-16-12-31(13-17-33)28-47-44(56)57-45(3,4)5;3-2(4,5)1(6)7/h10-11,14-15,18-23,26,31,33,36H,6-9,12-13,16-17,24-25,27-29H2,1-5H3,(H,47,56)(H,50,55);(H,6,7)/t31?,33?,36-;/m1./s1. The minimum Gasteiger partial charge on any atom is -0.475 e. The Morgan fingerprint density at radius 1 is 0.906 bits per heavy atom. The average Bonchev–Trinajstić information content (AvgIpc) is 3.80. The Hall–Kier alpha value is -5.48. The van der Waals surface area contributed by atoms with E-state index in [1.54, 1.807) is 18.2 Å². The van der Waals surface area contributed by atoms with E-state index in [-0.39, 0.29) is 35.7 Å². The van der Waals surface area contributed by atoms with E-state index in [0.29, 0.717) is 61.0 Å². The van der Waals surface area contributed by atoms with E-state index in [9.17, 15) is 32.3 Å². The predicted octanol–water partition coefficient (Wildman–Crippen LogP) is 10.2. The Morgan fingerprint density at radius 3 is 2.08 bits per heavy atom. The molecular weight excluding hydrogens is 853 g/mol. The highest BCUT2D eigenvalue weighted by molar-refractivity contribution is 6.33. The number of ether oxygens (including phenoxy) is 1. The number of anilines is 1. The fraction of sp³-hybridized carbons (Fsp3) is 0.489. The molecule has 13 nitrogen and oxygen atoms in total. The van der Waals surface area contributed by atoms with Crippen LogP contribution in [-0.2, 0) is 25.5 Å². The molecule has 1 aliphatic heterocycles. The largest absolute Gasteiger partial charge is 0.490 e. The SMILES string of the molecule is CCN(CC)CCCC(=O)c1ccc(-c2ccc(C[C@H](CC(=O)C3CCC(CNC(=O)OC(C)(C)C)CC3)C(=O)Nc3ccc(C4=NCN=N4)cc3)cc2)c(Cl)c1.O=C(O)C(F)(F)F. The maximum Gasteiger partial charge on any atom is 0.490 e. The second kappa shape index (κ2) is 24.0. The fourth-order valence-electron chi connectivity index (χ4n) is 7.40. The number of aliphatic carboxylic acids is 1. The molecule has 64 heavy (non-hydrogen) atoms. The highest BCUT2D eigenvalue weighted by Crippen LogP contribution is 2.33. The van der Waals surface area contributed by atoms with Gasteiger partial charge in [0.15, 0.2) is 18.3 Å². The summed E-state index contributed by atoms with van der Waals surface area (Å²) in [5, 5.41) is 21.5. The van der Waals surface area contributed by atoms with E-state index in [2.05, 4.69) is 44.6 Å². The molecular formula is C47H58ClF3N6O7. The molecule has 2 amide bonds. The van der Waals surface area contributed by atoms with Gasteiger partial charge in [0.1, 0.15) is 11.4 Å². The summed E-state index contributed by atoms with van der Waals surface area (Å²) in [6.07, 6.45) is -0.689. The molecule has 1 heterocycles. The van der Waals surface area contributed by atoms with Crippen molar-refractivity contribution in [1.29, 1.82) is 0 Å². The van der Waals surface area contributed by atoms with Crippen LogP contribution in [0.1, 0.15) is 101 Å². The molecule has 5 rings (SSSR count). The summed E-state index contributed by atoms with van der Waals surface area (Å²) in [4.78, 5) is 68.2. The van der Waals surface area contributed by atoms with Crippen molar-refractivity contribution in [2.24, 2.45) is 33.0 Å². The molecule has 346 valence electrons. The quantitative estimate of drug-likeness (QED) is 0.106. The topological polar surface area (TPSA) is 179 Å². The molecule has 2 aliphatic rings. The molecule has 3 N–H and O–H groups in total. The minimum atomic E-state index is -5.08. The number of amides is 2. The minimum absolute atomic E-state index is 0.0821. The third-order valence-corrected chi connectivity index (χ3v) is 11.3. The summed E-state index contributed by atoms with van der Waals surface area (Å²) in [5.74, 6) is -2.73. The summed E-state index contributed by atoms with van der Waals surface area (Å²) in [7, 11) is 0. The number of carboxylic acid groups (broad SMARTS) is 1. The van der Waals surface area contributed by atoms with Crippen LogP contribution in [0.15, 0.2) is 82.0 Å². The molecule has 1 fully saturated rings. The van der Waals surface area contributed by atoms with Crippen molar-refractivity contribution < 1.29 is 47.0 Å². The van der Waals surface area contributed by atoms with Gasteiger partial charge in [-0.3, -0.25) is 14.4 Å². The summed E-state index contributed by atoms with van der Waals surface area (Å²) in [5.41, 5.74) is 4.10. The Labute approximate surface area is 377 Å². The van der Waals surface area contributed by atoms with Crippen molar-refractivity contribution in [2.75, 3.05) is 38.2 Å². The molecule has 0 radical (unpaired) electrons. The van der Waals surface area contributed by atoms with Crippen LogP contribution in [0.5, 0.6) is 0 Å². The van der Waals surface area contributed by atoms with E-state index in [4.69, 9.17) is 26.2 Å². The van der Waals surface area contributed by atoms with Crippen LogP contribution in [-0.4, -0.2) is 90.0 Å². The van der Waals surface area contributed by atoms with Crippen LogP contribution in [0.4, 0.5) is 23.7 Å². The van der Waals surface area contributed by atoms with E-state index in [0.717, 1.165) is 61.2 Å². The lowest BCUT2D eigenvalue weighted by Gasteiger charge is -2.29. The number of azo groups is 1. The summed E-state index contributed by atoms with van der Waals surface area (Å²) < 4.78 is 37.1. The van der Waals surface area contributed by atoms with Gasteiger partial charge in [0.05, 0.1) is 0 Å². The lowest BCUT2D eigenvalue weighted by Crippen LogP contribution is -2.37. The average molecular weight is 911 g/mol. The molecule has 0 spiro atoms. The van der Waals surface area contributed by atoms with Crippen LogP contribution >= 0.6 is 11.6 Å². The Kier molecular flexibility index (Phi) is 19.2. The van der Waals surface area contributed by atoms with Gasteiger partial charge in [-0.1, -0.05) is 61.8 Å². The summed E-state index contributed by atoms with van der Waals surface area (Å²) in [6, 6.07) is 20.6. The van der Waals surface area contributed by atoms with Gasteiger partial charge in [-0.25, -0.2) is 14.6 Å². The molecule has 0 aromatic heterocycles. The van der Waals surface area contributed by atoms with E-state index >= 15 is 0 Å². The van der Waals surface area contributed by atoms with Gasteiger partial charge in [-0.2, -0.15) is 18.3 Å². The monoisotopic (exact) mass is 910 g/mol. The third-order valence-electron chi connectivity index (χ3n) is 11.0. The normalized spacial score (nSPS) is 16.6. The van der Waals surface area contributed by atoms with Gasteiger partial charge in [-0.05, 0) is 126 Å². The number of nitrogens with one attached hydrogen (secondary N) is 2. The Morgan fingerprint density at radius 2 is 1.53 bits per heavy atom. The van der Waals surface area contributed by atoms with Gasteiger partial charge in [0.25, 0.3) is 0 Å². The molecule has 17 heteroatoms. The van der Waals surface area contributed by atoms with Crippen molar-refractivity contribution in [3.05, 3.63) is 88.4 Å². The van der Waals surface area contributed by atoms with Gasteiger partial charge in [0, 0.05) is 58.6 Å². The number of carbonyl (C=O) groups is 5. The summed E-state index contributed by atoms with van der Waals surface area (Å²) >= 11 is 6.73. The first-order chi connectivity index (χ1) is 30.3. The number of hydrogen-bond donors (Lipinski definition) is 3. The molecule has 1 saturated carbocycles. The number of amidine groups is 1. The smallest absolute Gasteiger partial charge is 0.475 e. The number of nitrogens with zero attached hydrogens (tertiary/aromatic N) is 4. The van der Waals surface area contributed by atoms with E-state index < -0.39 is 29.8 Å². The second-order valence-electron chi connectivity index (χ2n) is 16.9. The van der Waals surface area contributed by atoms with E-state index in [1.807, 2.05) is 69.3 Å². The van der Waals surface area contributed by atoms with Gasteiger partial charge in [-0.15, -0.1) is 5.11 Å².